The van der Waals surface area contributed by atoms with Crippen LogP contribution in [0, 0.1) is 0 Å². The summed E-state index contributed by atoms with van der Waals surface area (Å²) in [6.07, 6.45) is 0. The maximum atomic E-state index is 11.9. The van der Waals surface area contributed by atoms with Crippen molar-refractivity contribution >= 4 is 44.5 Å². The molecule has 102 valence electrons. The Kier molecular flexibility index (Phi) is 6.66. The molecule has 0 saturated heterocycles. The Labute approximate surface area is 123 Å². The normalized spacial score (nSPS) is 11.5. The standard InChI is InChI=1S/C9H11IO6S2/c1-14-8-6-7(17-16-15-11)2-3-9(8)18(12,13)5-4-10/h2-3,6,11H,4-5H2,1H3. The number of hydrogen-bond acceptors (Lipinski definition) is 7. The summed E-state index contributed by atoms with van der Waals surface area (Å²) in [7, 11) is -1.97. The summed E-state index contributed by atoms with van der Waals surface area (Å²) in [5, 5.41) is 11.5. The average Bonchev–Trinajstić information content (AvgIpc) is 2.35. The zero-order valence-electron chi connectivity index (χ0n) is 9.33. The molecule has 0 bridgehead atoms. The molecule has 0 fully saturated rings. The Balaban J connectivity index is 3.07. The molecule has 9 heteroatoms. The van der Waals surface area contributed by atoms with Crippen LogP contribution in [0.2, 0.25) is 0 Å². The molecule has 0 aromatic heterocycles. The predicted molar refractivity (Wildman–Crippen MR) is 74.6 cm³/mol. The average molecular weight is 406 g/mol. The lowest BCUT2D eigenvalue weighted by molar-refractivity contribution is -0.432. The second-order valence-corrected chi connectivity index (χ2v) is 6.98. The topological polar surface area (TPSA) is 82.1 Å². The molecule has 0 heterocycles. The first-order valence-corrected chi connectivity index (χ1v) is 8.58. The van der Waals surface area contributed by atoms with Gasteiger partial charge in [0.2, 0.25) is 0 Å². The van der Waals surface area contributed by atoms with Gasteiger partial charge < -0.3 is 4.74 Å². The van der Waals surface area contributed by atoms with Crippen molar-refractivity contribution in [3.05, 3.63) is 18.2 Å². The van der Waals surface area contributed by atoms with E-state index in [2.05, 4.69) is 9.37 Å². The fraction of sp³-hybridized carbons (Fsp3) is 0.333. The Morgan fingerprint density at radius 2 is 2.17 bits per heavy atom. The Morgan fingerprint density at radius 3 is 2.72 bits per heavy atom. The number of methoxy groups -OCH3 is 1. The molecule has 0 unspecified atom stereocenters. The van der Waals surface area contributed by atoms with Crippen LogP contribution in [0.25, 0.3) is 0 Å². The van der Waals surface area contributed by atoms with E-state index in [4.69, 9.17) is 9.99 Å². The van der Waals surface area contributed by atoms with E-state index in [1.165, 1.54) is 25.3 Å². The summed E-state index contributed by atoms with van der Waals surface area (Å²) < 4.78 is 33.7. The summed E-state index contributed by atoms with van der Waals surface area (Å²) in [6.45, 7) is 0. The van der Waals surface area contributed by atoms with E-state index in [9.17, 15) is 8.42 Å². The van der Waals surface area contributed by atoms with Crippen LogP contribution in [0.3, 0.4) is 0 Å². The minimum Gasteiger partial charge on any atom is -0.495 e. The molecule has 0 aliphatic heterocycles. The van der Waals surface area contributed by atoms with E-state index in [0.29, 0.717) is 9.32 Å². The molecule has 0 aliphatic carbocycles. The molecule has 0 radical (unpaired) electrons. The van der Waals surface area contributed by atoms with Crippen LogP contribution in [0.5, 0.6) is 5.75 Å². The van der Waals surface area contributed by atoms with Crippen molar-refractivity contribution in [3.63, 3.8) is 0 Å². The van der Waals surface area contributed by atoms with Crippen molar-refractivity contribution in [2.24, 2.45) is 0 Å². The number of benzene rings is 1. The zero-order chi connectivity index (χ0) is 13.6. The van der Waals surface area contributed by atoms with Gasteiger partial charge in [-0.2, -0.15) is 0 Å². The minimum atomic E-state index is -3.35. The highest BCUT2D eigenvalue weighted by Crippen LogP contribution is 2.30. The van der Waals surface area contributed by atoms with Crippen molar-refractivity contribution in [2.45, 2.75) is 9.79 Å². The smallest absolute Gasteiger partial charge is 0.182 e. The fourth-order valence-corrected chi connectivity index (χ4v) is 4.50. The van der Waals surface area contributed by atoms with Crippen LogP contribution in [0.1, 0.15) is 0 Å². The van der Waals surface area contributed by atoms with Crippen LogP contribution in [-0.4, -0.2) is 31.0 Å². The highest BCUT2D eigenvalue weighted by Gasteiger charge is 2.19. The Bertz CT molecular complexity index is 490. The number of halogens is 1. The van der Waals surface area contributed by atoms with Crippen LogP contribution >= 0.6 is 34.6 Å². The first-order valence-electron chi connectivity index (χ1n) is 4.66. The van der Waals surface area contributed by atoms with Crippen molar-refractivity contribution in [1.82, 2.24) is 0 Å². The van der Waals surface area contributed by atoms with Gasteiger partial charge in [0, 0.05) is 9.32 Å². The SMILES string of the molecule is COc1cc(SOOO)ccc1S(=O)(=O)CCI. The van der Waals surface area contributed by atoms with Crippen LogP contribution in [-0.2, 0) is 19.2 Å². The monoisotopic (exact) mass is 406 g/mol. The third-order valence-electron chi connectivity index (χ3n) is 1.98. The first kappa shape index (κ1) is 16.0. The van der Waals surface area contributed by atoms with Crippen molar-refractivity contribution < 1.29 is 27.8 Å². The summed E-state index contributed by atoms with van der Waals surface area (Å²) in [5.74, 6) is 0.276. The van der Waals surface area contributed by atoms with Gasteiger partial charge in [-0.05, 0) is 18.2 Å². The van der Waals surface area contributed by atoms with Gasteiger partial charge in [-0.15, -0.1) is 4.33 Å². The van der Waals surface area contributed by atoms with E-state index in [0.717, 1.165) is 12.0 Å². The first-order chi connectivity index (χ1) is 8.55. The van der Waals surface area contributed by atoms with Crippen LogP contribution < -0.4 is 4.74 Å². The highest BCUT2D eigenvalue weighted by molar-refractivity contribution is 14.1. The second kappa shape index (κ2) is 7.50. The molecule has 1 aromatic carbocycles. The number of ether oxygens (including phenoxy) is 1. The van der Waals surface area contributed by atoms with Gasteiger partial charge in [-0.25, -0.2) is 13.7 Å². The number of hydrogen-bond donors (Lipinski definition) is 1. The van der Waals surface area contributed by atoms with E-state index >= 15 is 0 Å². The quantitative estimate of drug-likeness (QED) is 0.245. The van der Waals surface area contributed by atoms with Gasteiger partial charge in [-0.1, -0.05) is 27.6 Å². The van der Waals surface area contributed by atoms with Gasteiger partial charge in [0.05, 0.1) is 24.9 Å². The minimum absolute atomic E-state index is 0.0483. The third kappa shape index (κ3) is 4.24. The van der Waals surface area contributed by atoms with Gasteiger partial charge in [0.1, 0.15) is 10.6 Å². The van der Waals surface area contributed by atoms with E-state index < -0.39 is 9.84 Å². The summed E-state index contributed by atoms with van der Waals surface area (Å²) in [6, 6.07) is 4.46. The van der Waals surface area contributed by atoms with Crippen molar-refractivity contribution in [2.75, 3.05) is 17.3 Å². The molecule has 6 nitrogen and oxygen atoms in total. The summed E-state index contributed by atoms with van der Waals surface area (Å²) in [5.41, 5.74) is 0. The van der Waals surface area contributed by atoms with Crippen molar-refractivity contribution in [1.29, 1.82) is 0 Å². The number of alkyl halides is 1. The highest BCUT2D eigenvalue weighted by atomic mass is 127. The molecule has 0 atom stereocenters. The second-order valence-electron chi connectivity index (χ2n) is 3.05. The molecule has 0 saturated carbocycles. The molecule has 0 amide bonds. The molecule has 1 N–H and O–H groups in total. The molecule has 1 aromatic rings. The van der Waals surface area contributed by atoms with Gasteiger partial charge in [0.25, 0.3) is 0 Å². The lowest BCUT2D eigenvalue weighted by Crippen LogP contribution is -2.09. The van der Waals surface area contributed by atoms with Crippen molar-refractivity contribution in [3.8, 4) is 5.75 Å². The van der Waals surface area contributed by atoms with E-state index in [1.54, 1.807) is 0 Å². The van der Waals surface area contributed by atoms with Gasteiger partial charge in [0.15, 0.2) is 9.84 Å². The van der Waals surface area contributed by atoms with Crippen LogP contribution in [0.15, 0.2) is 28.0 Å². The zero-order valence-corrected chi connectivity index (χ0v) is 13.1. The molecular weight excluding hydrogens is 395 g/mol. The van der Waals surface area contributed by atoms with Gasteiger partial charge >= 0.3 is 0 Å². The maximum Gasteiger partial charge on any atom is 0.182 e. The predicted octanol–water partition coefficient (Wildman–Crippen LogP) is 2.33. The van der Waals surface area contributed by atoms with E-state index in [-0.39, 0.29) is 16.4 Å². The molecule has 0 aliphatic rings. The largest absolute Gasteiger partial charge is 0.495 e. The molecule has 0 spiro atoms. The van der Waals surface area contributed by atoms with Gasteiger partial charge in [-0.3, -0.25) is 0 Å². The number of rotatable bonds is 7. The number of sulfone groups is 1. The Hall–Kier alpha value is -0.0700. The lowest BCUT2D eigenvalue weighted by Gasteiger charge is -2.09. The third-order valence-corrected chi connectivity index (χ3v) is 5.57. The lowest BCUT2D eigenvalue weighted by atomic mass is 10.3. The maximum absolute atomic E-state index is 11.9. The summed E-state index contributed by atoms with van der Waals surface area (Å²) >= 11 is 2.73. The van der Waals surface area contributed by atoms with Crippen LogP contribution in [0.4, 0.5) is 0 Å². The van der Waals surface area contributed by atoms with E-state index in [1.807, 2.05) is 22.6 Å². The summed E-state index contributed by atoms with van der Waals surface area (Å²) in [4.78, 5) is 0.672. The molecule has 18 heavy (non-hydrogen) atoms. The molecular formula is C9H11IO6S2. The molecule has 1 rings (SSSR count). The fourth-order valence-electron chi connectivity index (χ4n) is 1.22. The Morgan fingerprint density at radius 1 is 1.44 bits per heavy atom.